The molecule has 0 saturated heterocycles. The van der Waals surface area contributed by atoms with Crippen LogP contribution in [-0.4, -0.2) is 28.8 Å². The average Bonchev–Trinajstić information content (AvgIpc) is 3.15. The Kier molecular flexibility index (Phi) is 5.83. The lowest BCUT2D eigenvalue weighted by Crippen LogP contribution is -2.32. The molecule has 0 unspecified atom stereocenters. The van der Waals surface area contributed by atoms with E-state index in [9.17, 15) is 4.79 Å². The van der Waals surface area contributed by atoms with Crippen LogP contribution in [0.5, 0.6) is 0 Å². The summed E-state index contributed by atoms with van der Waals surface area (Å²) >= 11 is 0. The topological polar surface area (TPSA) is 56.1 Å². The zero-order chi connectivity index (χ0) is 19.2. The molecule has 2 aromatic carbocycles. The second-order valence-corrected chi connectivity index (χ2v) is 7.12. The van der Waals surface area contributed by atoms with Gasteiger partial charge in [-0.2, -0.15) is 5.10 Å². The minimum absolute atomic E-state index is 0.0447. The Balaban J connectivity index is 1.33. The van der Waals surface area contributed by atoms with Crippen LogP contribution in [0.2, 0.25) is 0 Å². The van der Waals surface area contributed by atoms with Gasteiger partial charge in [-0.25, -0.2) is 0 Å². The van der Waals surface area contributed by atoms with Crippen LogP contribution in [0.3, 0.4) is 0 Å². The van der Waals surface area contributed by atoms with Gasteiger partial charge in [0.2, 0.25) is 5.91 Å². The number of fused-ring (bicyclic) bond motifs is 1. The fourth-order valence-electron chi connectivity index (χ4n) is 3.54. The summed E-state index contributed by atoms with van der Waals surface area (Å²) in [6.45, 7) is 1.86. The summed E-state index contributed by atoms with van der Waals surface area (Å²) in [5, 5.41) is 7.75. The molecular formula is C23H25N3O2. The number of aryl methyl sites for hydroxylation is 1. The maximum Gasteiger partial charge on any atom is 0.220 e. The van der Waals surface area contributed by atoms with Crippen molar-refractivity contribution in [1.29, 1.82) is 0 Å². The second-order valence-electron chi connectivity index (χ2n) is 7.12. The Morgan fingerprint density at radius 3 is 2.54 bits per heavy atom. The number of benzene rings is 2. The number of hydrogen-bond donors (Lipinski definition) is 1. The molecule has 1 amide bonds. The SMILES string of the molecule is O=C(CCc1ccccc1)NC[C@@H]1OCCc2cn(Cc3ccccc3)nc21. The number of carbonyl (C=O) groups is 1. The molecule has 144 valence electrons. The highest BCUT2D eigenvalue weighted by atomic mass is 16.5. The predicted molar refractivity (Wildman–Crippen MR) is 108 cm³/mol. The van der Waals surface area contributed by atoms with Crippen molar-refractivity contribution in [3.63, 3.8) is 0 Å². The van der Waals surface area contributed by atoms with E-state index >= 15 is 0 Å². The van der Waals surface area contributed by atoms with Gasteiger partial charge in [-0.05, 0) is 29.5 Å². The van der Waals surface area contributed by atoms with Crippen LogP contribution >= 0.6 is 0 Å². The van der Waals surface area contributed by atoms with E-state index in [0.717, 1.165) is 25.1 Å². The van der Waals surface area contributed by atoms with E-state index in [2.05, 4.69) is 23.6 Å². The van der Waals surface area contributed by atoms with E-state index in [1.165, 1.54) is 16.7 Å². The molecule has 3 aromatic rings. The molecule has 1 atom stereocenters. The lowest BCUT2D eigenvalue weighted by molar-refractivity contribution is -0.121. The van der Waals surface area contributed by atoms with Crippen LogP contribution in [0.25, 0.3) is 0 Å². The average molecular weight is 375 g/mol. The van der Waals surface area contributed by atoms with Gasteiger partial charge in [-0.1, -0.05) is 60.7 Å². The normalized spacial score (nSPS) is 15.8. The van der Waals surface area contributed by atoms with E-state index in [0.29, 0.717) is 19.6 Å². The fraction of sp³-hybridized carbons (Fsp3) is 0.304. The number of aromatic nitrogens is 2. The fourth-order valence-corrected chi connectivity index (χ4v) is 3.54. The van der Waals surface area contributed by atoms with Crippen molar-refractivity contribution in [1.82, 2.24) is 15.1 Å². The molecule has 5 heteroatoms. The smallest absolute Gasteiger partial charge is 0.220 e. The van der Waals surface area contributed by atoms with Gasteiger partial charge in [0.25, 0.3) is 0 Å². The molecule has 5 nitrogen and oxygen atoms in total. The van der Waals surface area contributed by atoms with Crippen molar-refractivity contribution < 1.29 is 9.53 Å². The Hall–Kier alpha value is -2.92. The highest BCUT2D eigenvalue weighted by molar-refractivity contribution is 5.76. The minimum Gasteiger partial charge on any atom is -0.370 e. The Morgan fingerprint density at radius 2 is 1.79 bits per heavy atom. The standard InChI is InChI=1S/C23H25N3O2/c27-22(12-11-18-7-3-1-4-8-18)24-15-21-23-20(13-14-28-21)17-26(25-23)16-19-9-5-2-6-10-19/h1-10,17,21H,11-16H2,(H,24,27)/t21-/m0/s1. The van der Waals surface area contributed by atoms with Crippen LogP contribution in [0, 0.1) is 0 Å². The maximum atomic E-state index is 12.2. The molecule has 0 saturated carbocycles. The van der Waals surface area contributed by atoms with Crippen molar-refractivity contribution >= 4 is 5.91 Å². The monoisotopic (exact) mass is 375 g/mol. The summed E-state index contributed by atoms with van der Waals surface area (Å²) in [7, 11) is 0. The van der Waals surface area contributed by atoms with E-state index in [1.807, 2.05) is 53.2 Å². The number of nitrogens with zero attached hydrogens (tertiary/aromatic N) is 2. The molecule has 0 bridgehead atoms. The zero-order valence-corrected chi connectivity index (χ0v) is 15.9. The first kappa shape index (κ1) is 18.4. The summed E-state index contributed by atoms with van der Waals surface area (Å²) in [5.41, 5.74) is 4.55. The van der Waals surface area contributed by atoms with Gasteiger partial charge in [0, 0.05) is 19.2 Å². The second kappa shape index (κ2) is 8.85. The van der Waals surface area contributed by atoms with Gasteiger partial charge in [0.1, 0.15) is 6.10 Å². The third-order valence-corrected chi connectivity index (χ3v) is 5.02. The van der Waals surface area contributed by atoms with Crippen molar-refractivity contribution in [3.8, 4) is 0 Å². The third kappa shape index (κ3) is 4.67. The first-order valence-corrected chi connectivity index (χ1v) is 9.80. The highest BCUT2D eigenvalue weighted by Crippen LogP contribution is 2.25. The quantitative estimate of drug-likeness (QED) is 0.689. The van der Waals surface area contributed by atoms with Crippen LogP contribution < -0.4 is 5.32 Å². The summed E-state index contributed by atoms with van der Waals surface area (Å²) < 4.78 is 7.86. The maximum absolute atomic E-state index is 12.2. The molecule has 1 N–H and O–H groups in total. The van der Waals surface area contributed by atoms with Gasteiger partial charge >= 0.3 is 0 Å². The Labute approximate surface area is 165 Å². The summed E-state index contributed by atoms with van der Waals surface area (Å²) in [6.07, 6.45) is 4.01. The van der Waals surface area contributed by atoms with E-state index in [4.69, 9.17) is 9.84 Å². The van der Waals surface area contributed by atoms with E-state index < -0.39 is 0 Å². The minimum atomic E-state index is -0.179. The first-order chi connectivity index (χ1) is 13.8. The van der Waals surface area contributed by atoms with Gasteiger partial charge in [0.15, 0.2) is 0 Å². The van der Waals surface area contributed by atoms with Crippen molar-refractivity contribution in [2.24, 2.45) is 0 Å². The Morgan fingerprint density at radius 1 is 1.07 bits per heavy atom. The number of carbonyl (C=O) groups excluding carboxylic acids is 1. The molecule has 1 aliphatic rings. The van der Waals surface area contributed by atoms with Crippen molar-refractivity contribution in [3.05, 3.63) is 89.2 Å². The number of nitrogens with one attached hydrogen (secondary N) is 1. The number of amides is 1. The first-order valence-electron chi connectivity index (χ1n) is 9.80. The van der Waals surface area contributed by atoms with Crippen molar-refractivity contribution in [2.45, 2.75) is 31.9 Å². The van der Waals surface area contributed by atoms with Gasteiger partial charge in [-0.3, -0.25) is 9.48 Å². The largest absolute Gasteiger partial charge is 0.370 e. The van der Waals surface area contributed by atoms with E-state index in [1.54, 1.807) is 0 Å². The molecule has 0 radical (unpaired) electrons. The highest BCUT2D eigenvalue weighted by Gasteiger charge is 2.25. The van der Waals surface area contributed by atoms with Crippen molar-refractivity contribution in [2.75, 3.05) is 13.2 Å². The number of ether oxygens (including phenoxy) is 1. The molecule has 2 heterocycles. The number of rotatable bonds is 7. The third-order valence-electron chi connectivity index (χ3n) is 5.02. The summed E-state index contributed by atoms with van der Waals surface area (Å²) in [5.74, 6) is 0.0447. The molecule has 4 rings (SSSR count). The summed E-state index contributed by atoms with van der Waals surface area (Å²) in [6, 6.07) is 20.4. The molecular weight excluding hydrogens is 350 g/mol. The van der Waals surface area contributed by atoms with Gasteiger partial charge < -0.3 is 10.1 Å². The van der Waals surface area contributed by atoms with Crippen LogP contribution in [0.1, 0.15) is 34.9 Å². The van der Waals surface area contributed by atoms with Crippen LogP contribution in [0.15, 0.2) is 66.9 Å². The van der Waals surface area contributed by atoms with Gasteiger partial charge in [0.05, 0.1) is 18.8 Å². The summed E-state index contributed by atoms with van der Waals surface area (Å²) in [4.78, 5) is 12.2. The molecule has 0 spiro atoms. The van der Waals surface area contributed by atoms with Crippen LogP contribution in [-0.2, 0) is 28.9 Å². The molecule has 0 fully saturated rings. The molecule has 1 aliphatic heterocycles. The lowest BCUT2D eigenvalue weighted by atomic mass is 10.1. The van der Waals surface area contributed by atoms with E-state index in [-0.39, 0.29) is 12.0 Å². The van der Waals surface area contributed by atoms with Gasteiger partial charge in [-0.15, -0.1) is 0 Å². The van der Waals surface area contributed by atoms with Crippen LogP contribution in [0.4, 0.5) is 0 Å². The molecule has 1 aromatic heterocycles. The number of hydrogen-bond acceptors (Lipinski definition) is 3. The lowest BCUT2D eigenvalue weighted by Gasteiger charge is -2.22. The molecule has 28 heavy (non-hydrogen) atoms. The Bertz CT molecular complexity index is 906. The predicted octanol–water partition coefficient (Wildman–Crippen LogP) is 3.29. The zero-order valence-electron chi connectivity index (χ0n) is 15.9. The molecule has 0 aliphatic carbocycles.